The molecule has 0 atom stereocenters. The minimum atomic E-state index is -0.293. The van der Waals surface area contributed by atoms with Gasteiger partial charge in [0.25, 0.3) is 0 Å². The van der Waals surface area contributed by atoms with Crippen molar-refractivity contribution in [2.45, 2.75) is 52.4 Å². The standard InChI is InChI=1S/C16H21N5O/c1-15(2,3)11-12(16(4,5)6)18-13-9(17-11)7-8-10-19-20-14(22)21(10)13/h7-8H,1-6H3,(H,20,22). The molecule has 0 saturated carbocycles. The summed E-state index contributed by atoms with van der Waals surface area (Å²) in [6, 6.07) is 3.64. The average Bonchev–Trinajstić information content (AvgIpc) is 2.77. The Morgan fingerprint density at radius 2 is 1.55 bits per heavy atom. The summed E-state index contributed by atoms with van der Waals surface area (Å²) < 4.78 is 1.48. The maximum Gasteiger partial charge on any atom is 0.349 e. The van der Waals surface area contributed by atoms with Crippen LogP contribution in [0.25, 0.3) is 16.8 Å². The molecule has 0 unspecified atom stereocenters. The summed E-state index contributed by atoms with van der Waals surface area (Å²) in [6.07, 6.45) is 0. The van der Waals surface area contributed by atoms with Crippen LogP contribution in [0.1, 0.15) is 52.9 Å². The van der Waals surface area contributed by atoms with Crippen molar-refractivity contribution < 1.29 is 0 Å². The molecule has 3 aromatic heterocycles. The molecule has 0 aliphatic rings. The summed E-state index contributed by atoms with van der Waals surface area (Å²) in [6.45, 7) is 12.7. The minimum absolute atomic E-state index is 0.125. The van der Waals surface area contributed by atoms with Crippen molar-refractivity contribution in [1.29, 1.82) is 0 Å². The Morgan fingerprint density at radius 1 is 0.955 bits per heavy atom. The first-order valence-electron chi connectivity index (χ1n) is 7.38. The van der Waals surface area contributed by atoms with Gasteiger partial charge in [0.05, 0.1) is 11.4 Å². The van der Waals surface area contributed by atoms with Gasteiger partial charge in [0.15, 0.2) is 11.3 Å². The molecule has 6 heteroatoms. The average molecular weight is 299 g/mol. The van der Waals surface area contributed by atoms with Gasteiger partial charge in [-0.2, -0.15) is 5.10 Å². The highest BCUT2D eigenvalue weighted by atomic mass is 16.1. The van der Waals surface area contributed by atoms with Crippen molar-refractivity contribution in [3.63, 3.8) is 0 Å². The molecule has 0 radical (unpaired) electrons. The lowest BCUT2D eigenvalue weighted by molar-refractivity contribution is 0.502. The van der Waals surface area contributed by atoms with E-state index in [1.165, 1.54) is 4.40 Å². The molecule has 1 N–H and O–H groups in total. The summed E-state index contributed by atoms with van der Waals surface area (Å²) in [5.41, 5.74) is 3.09. The predicted octanol–water partition coefficient (Wildman–Crippen LogP) is 2.56. The number of aromatic amines is 1. The summed E-state index contributed by atoms with van der Waals surface area (Å²) >= 11 is 0. The van der Waals surface area contributed by atoms with Gasteiger partial charge in [-0.3, -0.25) is 0 Å². The fraction of sp³-hybridized carbons (Fsp3) is 0.500. The predicted molar refractivity (Wildman–Crippen MR) is 86.3 cm³/mol. The molecule has 3 aromatic rings. The smallest absolute Gasteiger partial charge is 0.247 e. The highest BCUT2D eigenvalue weighted by Crippen LogP contribution is 2.32. The molecular formula is C16H21N5O. The molecule has 0 spiro atoms. The molecule has 0 bridgehead atoms. The fourth-order valence-electron chi connectivity index (χ4n) is 2.54. The highest BCUT2D eigenvalue weighted by molar-refractivity contribution is 5.74. The number of hydrogen-bond acceptors (Lipinski definition) is 4. The zero-order chi connectivity index (χ0) is 16.3. The second-order valence-electron chi connectivity index (χ2n) is 7.69. The van der Waals surface area contributed by atoms with Gasteiger partial charge in [-0.1, -0.05) is 41.5 Å². The van der Waals surface area contributed by atoms with E-state index in [1.807, 2.05) is 6.07 Å². The lowest BCUT2D eigenvalue weighted by atomic mass is 9.81. The van der Waals surface area contributed by atoms with Gasteiger partial charge in [-0.25, -0.2) is 24.3 Å². The minimum Gasteiger partial charge on any atom is -0.247 e. The number of pyridine rings is 1. The van der Waals surface area contributed by atoms with Crippen LogP contribution in [0.15, 0.2) is 16.9 Å². The van der Waals surface area contributed by atoms with E-state index in [2.05, 4.69) is 51.7 Å². The zero-order valence-corrected chi connectivity index (χ0v) is 13.9. The Balaban J connectivity index is 2.51. The van der Waals surface area contributed by atoms with Crippen LogP contribution in [0.5, 0.6) is 0 Å². The SMILES string of the molecule is CC(C)(C)c1nc2ccc3n[nH]c(=O)n3c2nc1C(C)(C)C. The van der Waals surface area contributed by atoms with E-state index in [-0.39, 0.29) is 16.5 Å². The van der Waals surface area contributed by atoms with E-state index in [1.54, 1.807) is 6.07 Å². The van der Waals surface area contributed by atoms with E-state index >= 15 is 0 Å². The molecule has 116 valence electrons. The number of fused-ring (bicyclic) bond motifs is 3. The molecule has 3 heterocycles. The van der Waals surface area contributed by atoms with Gasteiger partial charge in [-0.05, 0) is 12.1 Å². The van der Waals surface area contributed by atoms with Crippen LogP contribution < -0.4 is 5.69 Å². The van der Waals surface area contributed by atoms with Crippen molar-refractivity contribution in [3.8, 4) is 0 Å². The van der Waals surface area contributed by atoms with Crippen molar-refractivity contribution in [3.05, 3.63) is 34.0 Å². The molecule has 0 fully saturated rings. The maximum absolute atomic E-state index is 12.0. The summed E-state index contributed by atoms with van der Waals surface area (Å²) in [7, 11) is 0. The van der Waals surface area contributed by atoms with Gasteiger partial charge in [0.2, 0.25) is 0 Å². The van der Waals surface area contributed by atoms with Gasteiger partial charge in [-0.15, -0.1) is 0 Å². The van der Waals surface area contributed by atoms with E-state index in [4.69, 9.17) is 9.97 Å². The lowest BCUT2D eigenvalue weighted by Crippen LogP contribution is -2.26. The topological polar surface area (TPSA) is 75.9 Å². The monoisotopic (exact) mass is 299 g/mol. The largest absolute Gasteiger partial charge is 0.349 e. The molecule has 0 saturated heterocycles. The second kappa shape index (κ2) is 4.38. The van der Waals surface area contributed by atoms with Gasteiger partial charge in [0, 0.05) is 10.8 Å². The van der Waals surface area contributed by atoms with Crippen molar-refractivity contribution in [2.75, 3.05) is 0 Å². The number of H-pyrrole nitrogens is 1. The first-order chi connectivity index (χ1) is 10.1. The van der Waals surface area contributed by atoms with Crippen LogP contribution in [0.3, 0.4) is 0 Å². The molecule has 22 heavy (non-hydrogen) atoms. The van der Waals surface area contributed by atoms with E-state index < -0.39 is 0 Å². The van der Waals surface area contributed by atoms with Gasteiger partial charge >= 0.3 is 5.69 Å². The van der Waals surface area contributed by atoms with Gasteiger partial charge < -0.3 is 0 Å². The van der Waals surface area contributed by atoms with Crippen molar-refractivity contribution in [1.82, 2.24) is 24.6 Å². The number of nitrogens with zero attached hydrogens (tertiary/aromatic N) is 4. The van der Waals surface area contributed by atoms with E-state index in [0.717, 1.165) is 11.4 Å². The number of rotatable bonds is 0. The number of aromatic nitrogens is 5. The van der Waals surface area contributed by atoms with Crippen LogP contribution >= 0.6 is 0 Å². The third-order valence-corrected chi connectivity index (χ3v) is 3.62. The fourth-order valence-corrected chi connectivity index (χ4v) is 2.54. The maximum atomic E-state index is 12.0. The lowest BCUT2D eigenvalue weighted by Gasteiger charge is -2.28. The first kappa shape index (κ1) is 14.7. The van der Waals surface area contributed by atoms with Crippen LogP contribution in [-0.4, -0.2) is 24.6 Å². The second-order valence-corrected chi connectivity index (χ2v) is 7.69. The van der Waals surface area contributed by atoms with Gasteiger partial charge in [0.1, 0.15) is 5.52 Å². The Kier molecular flexibility index (Phi) is 2.92. The third-order valence-electron chi connectivity index (χ3n) is 3.62. The molecule has 3 rings (SSSR count). The Labute approximate surface area is 128 Å². The van der Waals surface area contributed by atoms with E-state index in [9.17, 15) is 4.79 Å². The van der Waals surface area contributed by atoms with Crippen LogP contribution in [0.4, 0.5) is 0 Å². The van der Waals surface area contributed by atoms with Crippen LogP contribution in [0, 0.1) is 0 Å². The summed E-state index contributed by atoms with van der Waals surface area (Å²) in [4.78, 5) is 21.6. The number of nitrogens with one attached hydrogen (secondary N) is 1. The summed E-state index contributed by atoms with van der Waals surface area (Å²) in [5.74, 6) is 0. The quantitative estimate of drug-likeness (QED) is 0.692. The highest BCUT2D eigenvalue weighted by Gasteiger charge is 2.29. The van der Waals surface area contributed by atoms with Crippen molar-refractivity contribution >= 4 is 16.8 Å². The summed E-state index contributed by atoms with van der Waals surface area (Å²) in [5, 5.41) is 6.45. The number of hydrogen-bond donors (Lipinski definition) is 1. The van der Waals surface area contributed by atoms with Crippen LogP contribution in [0.2, 0.25) is 0 Å². The molecule has 0 aliphatic carbocycles. The Bertz CT molecular complexity index is 922. The van der Waals surface area contributed by atoms with Crippen LogP contribution in [-0.2, 0) is 10.8 Å². The normalized spacial score (nSPS) is 13.2. The first-order valence-corrected chi connectivity index (χ1v) is 7.38. The Hall–Kier alpha value is -2.24. The third kappa shape index (κ3) is 2.19. The van der Waals surface area contributed by atoms with Crippen molar-refractivity contribution in [2.24, 2.45) is 0 Å². The molecule has 6 nitrogen and oxygen atoms in total. The Morgan fingerprint density at radius 3 is 2.14 bits per heavy atom. The van der Waals surface area contributed by atoms with E-state index in [0.29, 0.717) is 16.8 Å². The molecule has 0 aliphatic heterocycles. The zero-order valence-electron chi connectivity index (χ0n) is 13.9. The molecule has 0 aromatic carbocycles. The molecule has 0 amide bonds. The molecular weight excluding hydrogens is 278 g/mol.